The van der Waals surface area contributed by atoms with E-state index in [1.165, 1.54) is 11.1 Å². The number of hydrogen-bond acceptors (Lipinski definition) is 3. The Balaban J connectivity index is 1.91. The first kappa shape index (κ1) is 17.1. The Kier molecular flexibility index (Phi) is 5.49. The van der Waals surface area contributed by atoms with E-state index in [1.54, 1.807) is 0 Å². The second-order valence-electron chi connectivity index (χ2n) is 5.79. The fourth-order valence-electron chi connectivity index (χ4n) is 2.45. The van der Waals surface area contributed by atoms with Crippen LogP contribution < -0.4 is 5.32 Å². The summed E-state index contributed by atoms with van der Waals surface area (Å²) in [4.78, 5) is 4.95. The molecule has 2 nitrogen and oxygen atoms in total. The molecular formula is C18H18Br2N2S. The Morgan fingerprint density at radius 1 is 1.17 bits per heavy atom. The molecule has 5 heteroatoms. The van der Waals surface area contributed by atoms with Crippen molar-refractivity contribution in [2.75, 3.05) is 5.32 Å². The second kappa shape index (κ2) is 7.41. The maximum absolute atomic E-state index is 4.95. The van der Waals surface area contributed by atoms with Crippen LogP contribution in [0.1, 0.15) is 30.3 Å². The van der Waals surface area contributed by atoms with Crippen LogP contribution in [0.15, 0.2) is 56.4 Å². The number of anilines is 1. The Labute approximate surface area is 158 Å². The van der Waals surface area contributed by atoms with Crippen molar-refractivity contribution in [2.45, 2.75) is 25.0 Å². The van der Waals surface area contributed by atoms with Crippen LogP contribution in [0.3, 0.4) is 0 Å². The Morgan fingerprint density at radius 2 is 1.91 bits per heavy atom. The van der Waals surface area contributed by atoms with Crippen LogP contribution in [-0.4, -0.2) is 5.84 Å². The third-order valence-corrected chi connectivity index (χ3v) is 5.92. The number of aliphatic imine (C=N–C) groups is 1. The van der Waals surface area contributed by atoms with E-state index in [0.29, 0.717) is 5.92 Å². The maximum Gasteiger partial charge on any atom is 0.125 e. The van der Waals surface area contributed by atoms with Gasteiger partial charge in [-0.2, -0.15) is 0 Å². The van der Waals surface area contributed by atoms with Crippen LogP contribution in [0.4, 0.5) is 5.69 Å². The SMILES string of the molecule is CC(C)C1=NC(SCc2ccccc2)c2cc(Br)cc(Br)c2N1. The van der Waals surface area contributed by atoms with Gasteiger partial charge in [0.25, 0.3) is 0 Å². The topological polar surface area (TPSA) is 24.4 Å². The highest BCUT2D eigenvalue weighted by Gasteiger charge is 2.25. The third kappa shape index (κ3) is 4.01. The van der Waals surface area contributed by atoms with Gasteiger partial charge in [-0.15, -0.1) is 11.8 Å². The number of hydrogen-bond donors (Lipinski definition) is 1. The smallest absolute Gasteiger partial charge is 0.125 e. The highest BCUT2D eigenvalue weighted by molar-refractivity contribution is 9.11. The van der Waals surface area contributed by atoms with Gasteiger partial charge in [0.1, 0.15) is 11.2 Å². The average molecular weight is 454 g/mol. The fourth-order valence-corrected chi connectivity index (χ4v) is 4.90. The minimum atomic E-state index is 0.109. The molecule has 0 bridgehead atoms. The summed E-state index contributed by atoms with van der Waals surface area (Å²) in [6.07, 6.45) is 0. The van der Waals surface area contributed by atoms with Crippen molar-refractivity contribution in [1.82, 2.24) is 0 Å². The number of halogens is 2. The molecule has 1 unspecified atom stereocenters. The molecule has 0 saturated carbocycles. The molecule has 0 aliphatic carbocycles. The number of rotatable bonds is 4. The van der Waals surface area contributed by atoms with Crippen LogP contribution in [0.5, 0.6) is 0 Å². The summed E-state index contributed by atoms with van der Waals surface area (Å²) in [6, 6.07) is 14.8. The average Bonchev–Trinajstić information content (AvgIpc) is 2.53. The summed E-state index contributed by atoms with van der Waals surface area (Å²) in [5, 5.41) is 3.60. The molecule has 1 heterocycles. The molecule has 1 aliphatic heterocycles. The molecular weight excluding hydrogens is 436 g/mol. The Morgan fingerprint density at radius 3 is 2.61 bits per heavy atom. The van der Waals surface area contributed by atoms with Crippen molar-refractivity contribution < 1.29 is 0 Å². The fraction of sp³-hybridized carbons (Fsp3) is 0.278. The zero-order chi connectivity index (χ0) is 16.4. The largest absolute Gasteiger partial charge is 0.343 e. The van der Waals surface area contributed by atoms with Gasteiger partial charge in [0.05, 0.1) is 5.69 Å². The molecule has 0 radical (unpaired) electrons. The minimum Gasteiger partial charge on any atom is -0.343 e. The van der Waals surface area contributed by atoms with Gasteiger partial charge >= 0.3 is 0 Å². The van der Waals surface area contributed by atoms with Crippen LogP contribution >= 0.6 is 43.6 Å². The van der Waals surface area contributed by atoms with E-state index >= 15 is 0 Å². The van der Waals surface area contributed by atoms with Crippen molar-refractivity contribution >= 4 is 55.1 Å². The molecule has 1 atom stereocenters. The number of thioether (sulfide) groups is 1. The molecule has 0 spiro atoms. The summed E-state index contributed by atoms with van der Waals surface area (Å²) in [5.41, 5.74) is 3.68. The normalized spacial score (nSPS) is 16.7. The number of fused-ring (bicyclic) bond motifs is 1. The number of nitrogens with zero attached hydrogens (tertiary/aromatic N) is 1. The molecule has 3 rings (SSSR count). The molecule has 2 aromatic carbocycles. The van der Waals surface area contributed by atoms with Gasteiger partial charge in [0.2, 0.25) is 0 Å². The van der Waals surface area contributed by atoms with Crippen LogP contribution in [0.2, 0.25) is 0 Å². The lowest BCUT2D eigenvalue weighted by Crippen LogP contribution is -2.24. The number of nitrogens with one attached hydrogen (secondary N) is 1. The van der Waals surface area contributed by atoms with Gasteiger partial charge in [0, 0.05) is 26.2 Å². The van der Waals surface area contributed by atoms with Gasteiger partial charge in [-0.25, -0.2) is 0 Å². The van der Waals surface area contributed by atoms with Gasteiger partial charge in [-0.3, -0.25) is 4.99 Å². The standard InChI is InChI=1S/C18H18Br2N2S/c1-11(2)17-21-16-14(8-13(19)9-15(16)20)18(22-17)23-10-12-6-4-3-5-7-12/h3-9,11,18H,10H2,1-2H3,(H,21,22). The van der Waals surface area contributed by atoms with Crippen LogP contribution in [0, 0.1) is 5.92 Å². The zero-order valence-corrected chi connectivity index (χ0v) is 17.0. The summed E-state index contributed by atoms with van der Waals surface area (Å²) >= 11 is 9.13. The Bertz CT molecular complexity index is 729. The number of amidine groups is 1. The van der Waals surface area contributed by atoms with Crippen molar-refractivity contribution in [1.29, 1.82) is 0 Å². The summed E-state index contributed by atoms with van der Waals surface area (Å²) in [7, 11) is 0. The van der Waals surface area contributed by atoms with Crippen LogP contribution in [0.25, 0.3) is 0 Å². The van der Waals surface area contributed by atoms with E-state index in [4.69, 9.17) is 4.99 Å². The first-order valence-electron chi connectivity index (χ1n) is 7.54. The maximum atomic E-state index is 4.95. The van der Waals surface area contributed by atoms with Gasteiger partial charge in [-0.05, 0) is 33.6 Å². The molecule has 1 aliphatic rings. The highest BCUT2D eigenvalue weighted by Crippen LogP contribution is 2.44. The molecule has 23 heavy (non-hydrogen) atoms. The summed E-state index contributed by atoms with van der Waals surface area (Å²) in [5.74, 6) is 2.37. The van der Waals surface area contributed by atoms with E-state index in [0.717, 1.165) is 26.2 Å². The van der Waals surface area contributed by atoms with Gasteiger partial charge in [-0.1, -0.05) is 60.1 Å². The lowest BCUT2D eigenvalue weighted by Gasteiger charge is -2.28. The molecule has 0 amide bonds. The van der Waals surface area contributed by atoms with Crippen molar-refractivity contribution in [2.24, 2.45) is 10.9 Å². The quantitative estimate of drug-likeness (QED) is 0.562. The van der Waals surface area contributed by atoms with E-state index in [9.17, 15) is 0 Å². The van der Waals surface area contributed by atoms with Gasteiger partial charge < -0.3 is 5.32 Å². The van der Waals surface area contributed by atoms with Gasteiger partial charge in [0.15, 0.2) is 0 Å². The predicted octanol–water partition coefficient (Wildman–Crippen LogP) is 6.62. The first-order chi connectivity index (χ1) is 11.0. The van der Waals surface area contributed by atoms with Crippen molar-refractivity contribution in [3.8, 4) is 0 Å². The first-order valence-corrected chi connectivity index (χ1v) is 10.2. The van der Waals surface area contributed by atoms with Crippen LogP contribution in [-0.2, 0) is 5.75 Å². The van der Waals surface area contributed by atoms with E-state index in [2.05, 4.69) is 93.5 Å². The second-order valence-corrected chi connectivity index (χ2v) is 8.63. The molecule has 0 aromatic heterocycles. The zero-order valence-electron chi connectivity index (χ0n) is 13.0. The molecule has 1 N–H and O–H groups in total. The molecule has 0 fully saturated rings. The van der Waals surface area contributed by atoms with E-state index in [-0.39, 0.29) is 5.37 Å². The summed E-state index contributed by atoms with van der Waals surface area (Å²) < 4.78 is 2.14. The lowest BCUT2D eigenvalue weighted by molar-refractivity contribution is 0.849. The Hall–Kier alpha value is -0.780. The highest BCUT2D eigenvalue weighted by atomic mass is 79.9. The third-order valence-electron chi connectivity index (χ3n) is 3.66. The van der Waals surface area contributed by atoms with Crippen molar-refractivity contribution in [3.63, 3.8) is 0 Å². The van der Waals surface area contributed by atoms with E-state index in [1.807, 2.05) is 11.8 Å². The van der Waals surface area contributed by atoms with E-state index < -0.39 is 0 Å². The predicted molar refractivity (Wildman–Crippen MR) is 108 cm³/mol. The molecule has 120 valence electrons. The van der Waals surface area contributed by atoms with Crippen molar-refractivity contribution in [3.05, 3.63) is 62.5 Å². The lowest BCUT2D eigenvalue weighted by atomic mass is 10.1. The molecule has 2 aromatic rings. The summed E-state index contributed by atoms with van der Waals surface area (Å²) in [6.45, 7) is 4.34. The minimum absolute atomic E-state index is 0.109. The molecule has 0 saturated heterocycles. The monoisotopic (exact) mass is 452 g/mol. The number of benzene rings is 2.